The van der Waals surface area contributed by atoms with Crippen molar-refractivity contribution in [3.05, 3.63) is 11.1 Å². The number of thiazole rings is 1. The van der Waals surface area contributed by atoms with Crippen LogP contribution in [0.25, 0.3) is 0 Å². The fourth-order valence-electron chi connectivity index (χ4n) is 3.39. The van der Waals surface area contributed by atoms with E-state index in [1.807, 2.05) is 0 Å². The summed E-state index contributed by atoms with van der Waals surface area (Å²) in [4.78, 5) is 19.2. The number of carbonyl (C=O) groups excluding carboxylic acids is 1. The molecule has 0 radical (unpaired) electrons. The fraction of sp³-hybridized carbons (Fsp3) is 0.750. The van der Waals surface area contributed by atoms with Crippen molar-refractivity contribution >= 4 is 22.4 Å². The maximum atomic E-state index is 12.2. The van der Waals surface area contributed by atoms with Gasteiger partial charge in [0.15, 0.2) is 5.13 Å². The number of nitrogens with two attached hydrogens (primary N) is 1. The van der Waals surface area contributed by atoms with E-state index in [1.165, 1.54) is 12.8 Å². The van der Waals surface area contributed by atoms with Gasteiger partial charge in [-0.05, 0) is 32.1 Å². The number of hydrogen-bond donors (Lipinski definition) is 2. The van der Waals surface area contributed by atoms with Crippen LogP contribution >= 0.6 is 11.3 Å². The molecule has 1 saturated carbocycles. The van der Waals surface area contributed by atoms with Gasteiger partial charge in [-0.3, -0.25) is 4.79 Å². The standard InChI is InChI=1S/C16H26N4OS/c17-13-5-3-4-12(10-13)15(21)18-7-6-14-11-22-16(19-14)20-8-1-2-9-20/h11-13H,1-10,17H2,(H,18,21). The van der Waals surface area contributed by atoms with Crippen LogP contribution in [0.3, 0.4) is 0 Å². The first-order chi connectivity index (χ1) is 10.7. The molecule has 2 atom stereocenters. The predicted molar refractivity (Wildman–Crippen MR) is 90.2 cm³/mol. The van der Waals surface area contributed by atoms with Gasteiger partial charge in [0.2, 0.25) is 5.91 Å². The molecule has 0 bridgehead atoms. The van der Waals surface area contributed by atoms with Crippen LogP contribution in [0.15, 0.2) is 5.38 Å². The minimum atomic E-state index is 0.111. The Morgan fingerprint density at radius 1 is 1.36 bits per heavy atom. The summed E-state index contributed by atoms with van der Waals surface area (Å²) in [6.45, 7) is 2.94. The summed E-state index contributed by atoms with van der Waals surface area (Å²) in [5.74, 6) is 0.282. The van der Waals surface area contributed by atoms with Gasteiger partial charge in [0.1, 0.15) is 0 Å². The Labute approximate surface area is 136 Å². The molecule has 122 valence electrons. The van der Waals surface area contributed by atoms with Crippen LogP contribution in [0.4, 0.5) is 5.13 Å². The van der Waals surface area contributed by atoms with Crippen LogP contribution in [0.2, 0.25) is 0 Å². The Kier molecular flexibility index (Phi) is 5.31. The number of nitrogens with zero attached hydrogens (tertiary/aromatic N) is 2. The van der Waals surface area contributed by atoms with Gasteiger partial charge in [-0.1, -0.05) is 6.42 Å². The summed E-state index contributed by atoms with van der Waals surface area (Å²) in [5, 5.41) is 6.31. The Morgan fingerprint density at radius 2 is 2.18 bits per heavy atom. The van der Waals surface area contributed by atoms with Crippen molar-refractivity contribution in [2.45, 2.75) is 51.0 Å². The van der Waals surface area contributed by atoms with E-state index in [-0.39, 0.29) is 17.9 Å². The number of anilines is 1. The lowest BCUT2D eigenvalue weighted by Gasteiger charge is -2.25. The van der Waals surface area contributed by atoms with Gasteiger partial charge in [0, 0.05) is 43.4 Å². The molecule has 1 aliphatic carbocycles. The third-order valence-electron chi connectivity index (χ3n) is 4.68. The summed E-state index contributed by atoms with van der Waals surface area (Å²) in [5.41, 5.74) is 7.04. The van der Waals surface area contributed by atoms with E-state index in [2.05, 4.69) is 20.6 Å². The molecule has 1 aromatic rings. The Morgan fingerprint density at radius 3 is 2.95 bits per heavy atom. The van der Waals surface area contributed by atoms with Crippen molar-refractivity contribution in [2.24, 2.45) is 11.7 Å². The fourth-order valence-corrected chi connectivity index (χ4v) is 4.30. The third-order valence-corrected chi connectivity index (χ3v) is 5.63. The largest absolute Gasteiger partial charge is 0.355 e. The first kappa shape index (κ1) is 15.7. The topological polar surface area (TPSA) is 71.2 Å². The van der Waals surface area contributed by atoms with Crippen LogP contribution in [-0.4, -0.2) is 36.6 Å². The van der Waals surface area contributed by atoms with Gasteiger partial charge >= 0.3 is 0 Å². The highest BCUT2D eigenvalue weighted by atomic mass is 32.1. The monoisotopic (exact) mass is 322 g/mol. The quantitative estimate of drug-likeness (QED) is 0.869. The SMILES string of the molecule is NC1CCCC(C(=O)NCCc2csc(N3CCCC3)n2)C1. The molecule has 22 heavy (non-hydrogen) atoms. The third kappa shape index (κ3) is 3.98. The van der Waals surface area contributed by atoms with Crippen LogP contribution in [-0.2, 0) is 11.2 Å². The molecule has 5 nitrogen and oxygen atoms in total. The number of aromatic nitrogens is 1. The first-order valence-electron chi connectivity index (χ1n) is 8.45. The molecule has 3 N–H and O–H groups in total. The number of rotatable bonds is 5. The number of nitrogens with one attached hydrogen (secondary N) is 1. The zero-order valence-corrected chi connectivity index (χ0v) is 13.9. The van der Waals surface area contributed by atoms with Gasteiger partial charge in [0.05, 0.1) is 5.69 Å². The molecule has 0 aromatic carbocycles. The van der Waals surface area contributed by atoms with E-state index in [0.29, 0.717) is 6.54 Å². The minimum absolute atomic E-state index is 0.111. The lowest BCUT2D eigenvalue weighted by Crippen LogP contribution is -2.38. The zero-order valence-electron chi connectivity index (χ0n) is 13.1. The van der Waals surface area contributed by atoms with E-state index >= 15 is 0 Å². The molecule has 6 heteroatoms. The summed E-state index contributed by atoms with van der Waals surface area (Å²) >= 11 is 1.72. The second kappa shape index (κ2) is 7.42. The second-order valence-corrected chi connectivity index (χ2v) is 7.32. The molecule has 1 aliphatic heterocycles. The zero-order chi connectivity index (χ0) is 15.4. The molecule has 2 fully saturated rings. The number of carbonyl (C=O) groups is 1. The van der Waals surface area contributed by atoms with E-state index < -0.39 is 0 Å². The summed E-state index contributed by atoms with van der Waals surface area (Å²) in [7, 11) is 0. The molecule has 2 heterocycles. The van der Waals surface area contributed by atoms with Gasteiger partial charge in [-0.25, -0.2) is 4.98 Å². The maximum Gasteiger partial charge on any atom is 0.223 e. The Hall–Kier alpha value is -1.14. The Bertz CT molecular complexity index is 498. The number of hydrogen-bond acceptors (Lipinski definition) is 5. The van der Waals surface area contributed by atoms with Gasteiger partial charge < -0.3 is 16.0 Å². The maximum absolute atomic E-state index is 12.2. The predicted octanol–water partition coefficient (Wildman–Crippen LogP) is 1.92. The van der Waals surface area contributed by atoms with E-state index in [4.69, 9.17) is 5.73 Å². The molecular formula is C16H26N4OS. The average Bonchev–Trinajstić information content (AvgIpc) is 3.18. The lowest BCUT2D eigenvalue weighted by molar-refractivity contribution is -0.126. The molecule has 2 unspecified atom stereocenters. The smallest absolute Gasteiger partial charge is 0.223 e. The average molecular weight is 322 g/mol. The summed E-state index contributed by atoms with van der Waals surface area (Å²) < 4.78 is 0. The van der Waals surface area contributed by atoms with E-state index in [9.17, 15) is 4.79 Å². The molecule has 0 spiro atoms. The summed E-state index contributed by atoms with van der Waals surface area (Å²) in [6, 6.07) is 0.200. The highest BCUT2D eigenvalue weighted by Gasteiger charge is 2.25. The van der Waals surface area contributed by atoms with Gasteiger partial charge in [-0.15, -0.1) is 11.3 Å². The van der Waals surface area contributed by atoms with Crippen molar-refractivity contribution in [3.63, 3.8) is 0 Å². The molecule has 2 aliphatic rings. The number of amides is 1. The molecular weight excluding hydrogens is 296 g/mol. The van der Waals surface area contributed by atoms with E-state index in [1.54, 1.807) is 11.3 Å². The van der Waals surface area contributed by atoms with Crippen LogP contribution in [0, 0.1) is 5.92 Å². The van der Waals surface area contributed by atoms with Crippen molar-refractivity contribution in [1.29, 1.82) is 0 Å². The van der Waals surface area contributed by atoms with Crippen molar-refractivity contribution in [2.75, 3.05) is 24.5 Å². The highest BCUT2D eigenvalue weighted by Crippen LogP contribution is 2.25. The normalized spacial score (nSPS) is 25.4. The summed E-state index contributed by atoms with van der Waals surface area (Å²) in [6.07, 6.45) is 7.31. The lowest BCUT2D eigenvalue weighted by atomic mass is 9.85. The van der Waals surface area contributed by atoms with Crippen LogP contribution in [0.1, 0.15) is 44.2 Å². The van der Waals surface area contributed by atoms with Crippen LogP contribution < -0.4 is 16.0 Å². The van der Waals surface area contributed by atoms with Crippen molar-refractivity contribution < 1.29 is 4.79 Å². The van der Waals surface area contributed by atoms with E-state index in [0.717, 1.165) is 56.0 Å². The van der Waals surface area contributed by atoms with Crippen molar-refractivity contribution in [3.8, 4) is 0 Å². The van der Waals surface area contributed by atoms with Crippen molar-refractivity contribution in [1.82, 2.24) is 10.3 Å². The highest BCUT2D eigenvalue weighted by molar-refractivity contribution is 7.13. The minimum Gasteiger partial charge on any atom is -0.355 e. The Balaban J connectivity index is 1.41. The second-order valence-electron chi connectivity index (χ2n) is 6.48. The molecule has 1 aromatic heterocycles. The molecule has 3 rings (SSSR count). The van der Waals surface area contributed by atoms with Crippen LogP contribution in [0.5, 0.6) is 0 Å². The molecule has 1 amide bonds. The van der Waals surface area contributed by atoms with Gasteiger partial charge in [0.25, 0.3) is 0 Å². The van der Waals surface area contributed by atoms with Gasteiger partial charge in [-0.2, -0.15) is 0 Å². The molecule has 1 saturated heterocycles. The first-order valence-corrected chi connectivity index (χ1v) is 9.33.